The van der Waals surface area contributed by atoms with Gasteiger partial charge in [-0.2, -0.15) is 0 Å². The average molecular weight is 365 g/mol. The molecule has 0 aliphatic heterocycles. The fourth-order valence-electron chi connectivity index (χ4n) is 3.14. The van der Waals surface area contributed by atoms with E-state index >= 15 is 0 Å². The van der Waals surface area contributed by atoms with Crippen LogP contribution in [0, 0.1) is 6.92 Å². The van der Waals surface area contributed by atoms with Gasteiger partial charge < -0.3 is 32.1 Å². The lowest BCUT2D eigenvalue weighted by atomic mass is 10.0. The maximum absolute atomic E-state index is 6.53. The maximum atomic E-state index is 6.53. The minimum Gasteiger partial charge on any atom is -1.00 e. The Morgan fingerprint density at radius 2 is 1.60 bits per heavy atom. The Morgan fingerprint density at radius 1 is 1.00 bits per heavy atom. The van der Waals surface area contributed by atoms with Crippen molar-refractivity contribution in [2.75, 3.05) is 34.9 Å². The Labute approximate surface area is 157 Å². The van der Waals surface area contributed by atoms with E-state index in [1.54, 1.807) is 14.2 Å². The van der Waals surface area contributed by atoms with Crippen LogP contribution in [-0.4, -0.2) is 39.3 Å². The van der Waals surface area contributed by atoms with Crippen LogP contribution >= 0.6 is 0 Å². The number of benzene rings is 2. The van der Waals surface area contributed by atoms with Gasteiger partial charge in [0, 0.05) is 11.1 Å². The van der Waals surface area contributed by atoms with Crippen molar-refractivity contribution in [3.05, 3.63) is 59.2 Å². The Morgan fingerprint density at radius 3 is 2.16 bits per heavy atom. The molecule has 0 radical (unpaired) electrons. The van der Waals surface area contributed by atoms with Crippen molar-refractivity contribution < 1.29 is 26.4 Å². The molecule has 0 aromatic heterocycles. The minimum absolute atomic E-state index is 0. The summed E-state index contributed by atoms with van der Waals surface area (Å²) in [5.74, 6) is 1.66. The lowest BCUT2D eigenvalue weighted by molar-refractivity contribution is -0.905. The number of hydrogen-bond acceptors (Lipinski definition) is 3. The first-order valence-corrected chi connectivity index (χ1v) is 8.20. The Bertz CT molecular complexity index is 675. The monoisotopic (exact) mass is 364 g/mol. The van der Waals surface area contributed by atoms with E-state index in [1.165, 1.54) is 5.56 Å². The van der Waals surface area contributed by atoms with E-state index in [0.29, 0.717) is 0 Å². The molecule has 2 aromatic rings. The third kappa shape index (κ3) is 5.63. The number of nitrogens with two attached hydrogens (primary N) is 1. The van der Waals surface area contributed by atoms with Crippen LogP contribution in [0.1, 0.15) is 22.7 Å². The predicted octanol–water partition coefficient (Wildman–Crippen LogP) is 0.293. The van der Waals surface area contributed by atoms with E-state index in [0.717, 1.165) is 40.2 Å². The molecule has 4 nitrogen and oxygen atoms in total. The molecule has 138 valence electrons. The fraction of sp³-hybridized carbons (Fsp3) is 0.400. The first-order valence-electron chi connectivity index (χ1n) is 8.20. The van der Waals surface area contributed by atoms with E-state index in [1.807, 2.05) is 25.1 Å². The molecule has 0 spiro atoms. The Kier molecular flexibility index (Phi) is 7.74. The normalized spacial score (nSPS) is 12.2. The molecule has 25 heavy (non-hydrogen) atoms. The molecular weight excluding hydrogens is 336 g/mol. The molecule has 0 saturated carbocycles. The lowest BCUT2D eigenvalue weighted by Crippen LogP contribution is -3.00. The summed E-state index contributed by atoms with van der Waals surface area (Å²) in [6.07, 6.45) is 0. The molecule has 0 aliphatic rings. The van der Waals surface area contributed by atoms with Crippen molar-refractivity contribution in [1.82, 2.24) is 0 Å². The van der Waals surface area contributed by atoms with Gasteiger partial charge in [-0.05, 0) is 24.6 Å². The van der Waals surface area contributed by atoms with Gasteiger partial charge in [0.05, 0.1) is 40.9 Å². The number of halogens is 1. The number of quaternary nitrogens is 1. The molecule has 0 amide bonds. The minimum atomic E-state index is -0.131. The van der Waals surface area contributed by atoms with Crippen LogP contribution < -0.4 is 27.6 Å². The third-order valence-electron chi connectivity index (χ3n) is 4.29. The van der Waals surface area contributed by atoms with E-state index < -0.39 is 0 Å². The first-order chi connectivity index (χ1) is 11.4. The van der Waals surface area contributed by atoms with Crippen LogP contribution in [0.25, 0.3) is 0 Å². The molecule has 0 heterocycles. The first kappa shape index (κ1) is 21.3. The Balaban J connectivity index is 0.00000312. The molecule has 2 aromatic carbocycles. The third-order valence-corrected chi connectivity index (χ3v) is 4.29. The van der Waals surface area contributed by atoms with E-state index in [-0.39, 0.29) is 18.4 Å². The zero-order valence-corrected chi connectivity index (χ0v) is 16.5. The van der Waals surface area contributed by atoms with Crippen molar-refractivity contribution in [3.8, 4) is 11.5 Å². The summed E-state index contributed by atoms with van der Waals surface area (Å²) in [7, 11) is 7.76. The number of methoxy groups -OCH3 is 2. The highest BCUT2D eigenvalue weighted by Gasteiger charge is 2.24. The van der Waals surface area contributed by atoms with Gasteiger partial charge in [-0.1, -0.05) is 30.3 Å². The van der Waals surface area contributed by atoms with Crippen LogP contribution in [-0.2, 0) is 6.54 Å². The molecule has 2 rings (SSSR count). The highest BCUT2D eigenvalue weighted by atomic mass is 35.5. The molecule has 0 fully saturated rings. The molecule has 0 saturated heterocycles. The van der Waals surface area contributed by atoms with E-state index in [2.05, 4.69) is 38.4 Å². The van der Waals surface area contributed by atoms with Crippen LogP contribution in [0.3, 0.4) is 0 Å². The summed E-state index contributed by atoms with van der Waals surface area (Å²) in [6.45, 7) is 3.74. The SMILES string of the molecule is COc1cc(C(N)C[N+](C)(C)Cc2ccccc2)c(OC)cc1C.[Cl-]. The number of nitrogens with zero attached hydrogens (tertiary/aromatic N) is 1. The van der Waals surface area contributed by atoms with Gasteiger partial charge in [0.1, 0.15) is 18.0 Å². The molecule has 2 N–H and O–H groups in total. The highest BCUT2D eigenvalue weighted by molar-refractivity contribution is 5.47. The van der Waals surface area contributed by atoms with Crippen LogP contribution in [0.4, 0.5) is 0 Å². The highest BCUT2D eigenvalue weighted by Crippen LogP contribution is 2.32. The summed E-state index contributed by atoms with van der Waals surface area (Å²) in [4.78, 5) is 0. The second kappa shape index (κ2) is 9.09. The van der Waals surface area contributed by atoms with Gasteiger partial charge >= 0.3 is 0 Å². The smallest absolute Gasteiger partial charge is 0.124 e. The Hall–Kier alpha value is -1.75. The zero-order chi connectivity index (χ0) is 17.7. The quantitative estimate of drug-likeness (QED) is 0.718. The van der Waals surface area contributed by atoms with Gasteiger partial charge in [-0.25, -0.2) is 0 Å². The molecule has 1 atom stereocenters. The van der Waals surface area contributed by atoms with E-state index in [4.69, 9.17) is 15.2 Å². The maximum Gasteiger partial charge on any atom is 0.124 e. The molecular formula is C20H29ClN2O2. The van der Waals surface area contributed by atoms with Gasteiger partial charge in [-0.3, -0.25) is 0 Å². The number of likely N-dealkylation sites (N-methyl/N-ethyl adjacent to an activating group) is 1. The molecule has 0 bridgehead atoms. The van der Waals surface area contributed by atoms with Crippen LogP contribution in [0.15, 0.2) is 42.5 Å². The number of rotatable bonds is 7. The molecule has 1 unspecified atom stereocenters. The lowest BCUT2D eigenvalue weighted by Gasteiger charge is -2.33. The standard InChI is InChI=1S/C20H29N2O2.ClH/c1-15-11-20(24-5)17(12-19(15)23-4)18(21)14-22(2,3)13-16-9-7-6-8-10-16;/h6-12,18H,13-14,21H2,1-5H3;1H/q+1;/p-1. The second-order valence-corrected chi connectivity index (χ2v) is 6.93. The summed E-state index contributed by atoms with van der Waals surface area (Å²) < 4.78 is 11.8. The molecule has 0 aliphatic carbocycles. The van der Waals surface area contributed by atoms with E-state index in [9.17, 15) is 0 Å². The van der Waals surface area contributed by atoms with Gasteiger partial charge in [-0.15, -0.1) is 0 Å². The summed E-state index contributed by atoms with van der Waals surface area (Å²) in [5.41, 5.74) is 9.87. The number of aryl methyl sites for hydroxylation is 1. The largest absolute Gasteiger partial charge is 1.00 e. The van der Waals surface area contributed by atoms with Crippen LogP contribution in [0.2, 0.25) is 0 Å². The number of hydrogen-bond donors (Lipinski definition) is 1. The summed E-state index contributed by atoms with van der Waals surface area (Å²) in [5, 5.41) is 0. The summed E-state index contributed by atoms with van der Waals surface area (Å²) in [6, 6.07) is 14.4. The fourth-order valence-corrected chi connectivity index (χ4v) is 3.14. The average Bonchev–Trinajstić information content (AvgIpc) is 2.54. The van der Waals surface area contributed by atoms with Crippen molar-refractivity contribution >= 4 is 0 Å². The zero-order valence-electron chi connectivity index (χ0n) is 15.8. The van der Waals surface area contributed by atoms with Gasteiger partial charge in [0.2, 0.25) is 0 Å². The van der Waals surface area contributed by atoms with Crippen molar-refractivity contribution in [3.63, 3.8) is 0 Å². The second-order valence-electron chi connectivity index (χ2n) is 6.93. The summed E-state index contributed by atoms with van der Waals surface area (Å²) >= 11 is 0. The van der Waals surface area contributed by atoms with Crippen molar-refractivity contribution in [1.29, 1.82) is 0 Å². The van der Waals surface area contributed by atoms with Crippen LogP contribution in [0.5, 0.6) is 11.5 Å². The van der Waals surface area contributed by atoms with Gasteiger partial charge in [0.25, 0.3) is 0 Å². The van der Waals surface area contributed by atoms with Crippen molar-refractivity contribution in [2.24, 2.45) is 5.73 Å². The molecule has 5 heteroatoms. The van der Waals surface area contributed by atoms with Crippen molar-refractivity contribution in [2.45, 2.75) is 19.5 Å². The number of ether oxygens (including phenoxy) is 2. The predicted molar refractivity (Wildman–Crippen MR) is 98.3 cm³/mol. The topological polar surface area (TPSA) is 44.5 Å². The van der Waals surface area contributed by atoms with Gasteiger partial charge in [0.15, 0.2) is 0 Å².